The summed E-state index contributed by atoms with van der Waals surface area (Å²) in [6, 6.07) is 9.01. The van der Waals surface area contributed by atoms with Gasteiger partial charge in [-0.25, -0.2) is 0 Å². The molecule has 3 nitrogen and oxygen atoms in total. The highest BCUT2D eigenvalue weighted by Gasteiger charge is 2.00. The second kappa shape index (κ2) is 5.94. The first-order valence-electron chi connectivity index (χ1n) is 4.43. The smallest absolute Gasteiger partial charge is 0.251 e. The molecule has 0 atom stereocenters. The van der Waals surface area contributed by atoms with Gasteiger partial charge in [-0.05, 0) is 12.1 Å². The summed E-state index contributed by atoms with van der Waals surface area (Å²) >= 11 is 0. The number of carbonyl (C=O) groups is 1. The highest BCUT2D eigenvalue weighted by atomic mass is 16.2. The van der Waals surface area contributed by atoms with Gasteiger partial charge in [0.15, 0.2) is 0 Å². The Morgan fingerprint density at radius 3 is 2.64 bits per heavy atom. The van der Waals surface area contributed by atoms with Crippen LogP contribution in [0.2, 0.25) is 0 Å². The van der Waals surface area contributed by atoms with Gasteiger partial charge >= 0.3 is 0 Å². The lowest BCUT2D eigenvalue weighted by Gasteiger charge is -2.00. The maximum atomic E-state index is 11.4. The fourth-order valence-corrected chi connectivity index (χ4v) is 1.00. The summed E-state index contributed by atoms with van der Waals surface area (Å²) in [5.41, 5.74) is 0.643. The third kappa shape index (κ3) is 3.41. The van der Waals surface area contributed by atoms with Crippen LogP contribution in [-0.4, -0.2) is 24.2 Å². The van der Waals surface area contributed by atoms with E-state index in [0.29, 0.717) is 12.1 Å². The van der Waals surface area contributed by atoms with Gasteiger partial charge in [-0.3, -0.25) is 4.79 Å². The summed E-state index contributed by atoms with van der Waals surface area (Å²) in [5, 5.41) is 11.1. The van der Waals surface area contributed by atoms with Crippen molar-refractivity contribution in [3.05, 3.63) is 48.0 Å². The van der Waals surface area contributed by atoms with E-state index in [-0.39, 0.29) is 12.5 Å². The monoisotopic (exact) mass is 191 g/mol. The highest BCUT2D eigenvalue weighted by molar-refractivity contribution is 5.94. The molecular formula is C11H13NO2. The van der Waals surface area contributed by atoms with Crippen LogP contribution in [-0.2, 0) is 0 Å². The number of rotatable bonds is 4. The third-order valence-electron chi connectivity index (χ3n) is 1.69. The van der Waals surface area contributed by atoms with Crippen molar-refractivity contribution < 1.29 is 9.90 Å². The lowest BCUT2D eigenvalue weighted by molar-refractivity contribution is 0.0958. The molecule has 3 heteroatoms. The summed E-state index contributed by atoms with van der Waals surface area (Å²) in [6.45, 7) is 0.440. The number of carbonyl (C=O) groups excluding carboxylic acids is 1. The Hall–Kier alpha value is -1.61. The predicted molar refractivity (Wildman–Crippen MR) is 55.0 cm³/mol. The molecule has 0 saturated carbocycles. The van der Waals surface area contributed by atoms with Crippen molar-refractivity contribution >= 4 is 5.91 Å². The molecule has 1 rings (SSSR count). The van der Waals surface area contributed by atoms with E-state index < -0.39 is 0 Å². The average Bonchev–Trinajstić information content (AvgIpc) is 2.25. The Morgan fingerprint density at radius 1 is 1.29 bits per heavy atom. The van der Waals surface area contributed by atoms with Crippen molar-refractivity contribution in [1.82, 2.24) is 5.32 Å². The quantitative estimate of drug-likeness (QED) is 0.696. The minimum absolute atomic E-state index is 0.00120. The molecule has 0 aliphatic rings. The van der Waals surface area contributed by atoms with Crippen LogP contribution in [0, 0.1) is 0 Å². The standard InChI is InChI=1S/C11H13NO2/c13-9-5-4-8-12-11(14)10-6-2-1-3-7-10/h1-7,13H,8-9H2,(H,12,14)/b5-4+. The summed E-state index contributed by atoms with van der Waals surface area (Å²) in [5.74, 6) is -0.104. The molecule has 0 saturated heterocycles. The van der Waals surface area contributed by atoms with E-state index in [0.717, 1.165) is 0 Å². The molecular weight excluding hydrogens is 178 g/mol. The molecule has 0 fully saturated rings. The van der Waals surface area contributed by atoms with Gasteiger partial charge < -0.3 is 10.4 Å². The predicted octanol–water partition coefficient (Wildman–Crippen LogP) is 0.965. The summed E-state index contributed by atoms with van der Waals surface area (Å²) in [7, 11) is 0. The first-order valence-corrected chi connectivity index (χ1v) is 4.43. The van der Waals surface area contributed by atoms with Crippen LogP contribution in [0.1, 0.15) is 10.4 Å². The third-order valence-corrected chi connectivity index (χ3v) is 1.69. The van der Waals surface area contributed by atoms with Crippen molar-refractivity contribution in [3.63, 3.8) is 0 Å². The summed E-state index contributed by atoms with van der Waals surface area (Å²) in [4.78, 5) is 11.4. The molecule has 0 aliphatic heterocycles. The Kier molecular flexibility index (Phi) is 4.44. The largest absolute Gasteiger partial charge is 0.392 e. The lowest BCUT2D eigenvalue weighted by atomic mass is 10.2. The van der Waals surface area contributed by atoms with Crippen LogP contribution in [0.5, 0.6) is 0 Å². The van der Waals surface area contributed by atoms with E-state index in [2.05, 4.69) is 5.32 Å². The minimum Gasteiger partial charge on any atom is -0.392 e. The molecule has 2 N–H and O–H groups in total. The number of hydrogen-bond acceptors (Lipinski definition) is 2. The number of benzene rings is 1. The molecule has 0 aromatic heterocycles. The van der Waals surface area contributed by atoms with E-state index in [9.17, 15) is 4.79 Å². The van der Waals surface area contributed by atoms with Crippen molar-refractivity contribution in [2.45, 2.75) is 0 Å². The van der Waals surface area contributed by atoms with E-state index in [1.54, 1.807) is 24.3 Å². The van der Waals surface area contributed by atoms with E-state index in [4.69, 9.17) is 5.11 Å². The molecule has 0 unspecified atom stereocenters. The Labute approximate surface area is 83.1 Å². The Bertz CT molecular complexity index is 306. The maximum Gasteiger partial charge on any atom is 0.251 e. The number of nitrogens with one attached hydrogen (secondary N) is 1. The SMILES string of the molecule is O=C(NC/C=C/CO)c1ccccc1. The number of aliphatic hydroxyl groups excluding tert-OH is 1. The molecule has 1 aromatic carbocycles. The molecule has 14 heavy (non-hydrogen) atoms. The van der Waals surface area contributed by atoms with Gasteiger partial charge in [0.25, 0.3) is 5.91 Å². The zero-order valence-electron chi connectivity index (χ0n) is 7.81. The van der Waals surface area contributed by atoms with E-state index >= 15 is 0 Å². The van der Waals surface area contributed by atoms with Gasteiger partial charge in [0.2, 0.25) is 0 Å². The molecule has 1 aromatic rings. The summed E-state index contributed by atoms with van der Waals surface area (Å²) < 4.78 is 0. The van der Waals surface area contributed by atoms with Crippen molar-refractivity contribution in [2.75, 3.05) is 13.2 Å². The Morgan fingerprint density at radius 2 is 2.00 bits per heavy atom. The number of hydrogen-bond donors (Lipinski definition) is 2. The molecule has 0 aliphatic carbocycles. The van der Waals surface area contributed by atoms with Crippen molar-refractivity contribution in [1.29, 1.82) is 0 Å². The molecule has 1 amide bonds. The van der Waals surface area contributed by atoms with Crippen LogP contribution in [0.3, 0.4) is 0 Å². The van der Waals surface area contributed by atoms with Crippen LogP contribution >= 0.6 is 0 Å². The van der Waals surface area contributed by atoms with Crippen LogP contribution < -0.4 is 5.32 Å². The van der Waals surface area contributed by atoms with Crippen LogP contribution in [0.4, 0.5) is 0 Å². The van der Waals surface area contributed by atoms with Gasteiger partial charge in [0, 0.05) is 12.1 Å². The van der Waals surface area contributed by atoms with E-state index in [1.165, 1.54) is 0 Å². The van der Waals surface area contributed by atoms with Crippen molar-refractivity contribution in [2.24, 2.45) is 0 Å². The topological polar surface area (TPSA) is 49.3 Å². The van der Waals surface area contributed by atoms with E-state index in [1.807, 2.05) is 18.2 Å². The number of aliphatic hydroxyl groups is 1. The zero-order chi connectivity index (χ0) is 10.2. The molecule has 0 bridgehead atoms. The fourth-order valence-electron chi connectivity index (χ4n) is 1.00. The van der Waals surface area contributed by atoms with Gasteiger partial charge in [-0.1, -0.05) is 30.4 Å². The van der Waals surface area contributed by atoms with Crippen molar-refractivity contribution in [3.8, 4) is 0 Å². The molecule has 74 valence electrons. The number of amides is 1. The Balaban J connectivity index is 2.40. The average molecular weight is 191 g/mol. The van der Waals surface area contributed by atoms with Gasteiger partial charge in [-0.15, -0.1) is 0 Å². The van der Waals surface area contributed by atoms with Crippen LogP contribution in [0.25, 0.3) is 0 Å². The first-order chi connectivity index (χ1) is 6.84. The highest BCUT2D eigenvalue weighted by Crippen LogP contribution is 1.97. The molecule has 0 spiro atoms. The second-order valence-electron chi connectivity index (χ2n) is 2.73. The maximum absolute atomic E-state index is 11.4. The normalized spacial score (nSPS) is 10.4. The molecule has 0 heterocycles. The van der Waals surface area contributed by atoms with Gasteiger partial charge in [0.05, 0.1) is 6.61 Å². The second-order valence-corrected chi connectivity index (χ2v) is 2.73. The fraction of sp³-hybridized carbons (Fsp3) is 0.182. The first kappa shape index (κ1) is 10.5. The minimum atomic E-state index is -0.104. The van der Waals surface area contributed by atoms with Gasteiger partial charge in [0.1, 0.15) is 0 Å². The van der Waals surface area contributed by atoms with Gasteiger partial charge in [-0.2, -0.15) is 0 Å². The van der Waals surface area contributed by atoms with Crippen LogP contribution in [0.15, 0.2) is 42.5 Å². The summed E-state index contributed by atoms with van der Waals surface area (Å²) in [6.07, 6.45) is 3.30. The lowest BCUT2D eigenvalue weighted by Crippen LogP contribution is -2.23. The molecule has 0 radical (unpaired) electrons. The zero-order valence-corrected chi connectivity index (χ0v) is 7.81.